The van der Waals surface area contributed by atoms with Gasteiger partial charge in [-0.2, -0.15) is 0 Å². The number of amides is 3. The number of benzene rings is 2. The van der Waals surface area contributed by atoms with Crippen molar-refractivity contribution in [2.45, 2.75) is 77.5 Å². The van der Waals surface area contributed by atoms with Crippen LogP contribution in [-0.4, -0.2) is 58.1 Å². The van der Waals surface area contributed by atoms with Gasteiger partial charge in [-0.25, -0.2) is 4.79 Å². The van der Waals surface area contributed by atoms with E-state index >= 15 is 0 Å². The maximum Gasteiger partial charge on any atom is 0.326 e. The van der Waals surface area contributed by atoms with Gasteiger partial charge in [-0.05, 0) is 41.5 Å². The summed E-state index contributed by atoms with van der Waals surface area (Å²) in [5.74, 6) is -3.38. The molecule has 0 fully saturated rings. The summed E-state index contributed by atoms with van der Waals surface area (Å²) in [5, 5.41) is 27.2. The molecule has 2 rings (SSSR count). The summed E-state index contributed by atoms with van der Waals surface area (Å²) in [7, 11) is 0. The molecule has 0 spiro atoms. The molecule has 218 valence electrons. The Morgan fingerprint density at radius 3 is 1.80 bits per heavy atom. The number of hydrogen-bond donors (Lipinski definition) is 6. The van der Waals surface area contributed by atoms with Gasteiger partial charge < -0.3 is 31.9 Å². The predicted molar refractivity (Wildman–Crippen MR) is 152 cm³/mol. The number of phenolic OH excluding ortho intramolecular Hbond substituents is 1. The summed E-state index contributed by atoms with van der Waals surface area (Å²) in [5.41, 5.74) is 7.68. The first-order valence-corrected chi connectivity index (χ1v) is 13.7. The molecule has 7 N–H and O–H groups in total. The molecule has 0 aromatic heterocycles. The van der Waals surface area contributed by atoms with Crippen LogP contribution in [0, 0.1) is 11.8 Å². The highest BCUT2D eigenvalue weighted by Gasteiger charge is 2.34. The molecule has 0 heterocycles. The fourth-order valence-corrected chi connectivity index (χ4v) is 4.20. The molecule has 0 aliphatic carbocycles. The Balaban J connectivity index is 2.24. The topological polar surface area (TPSA) is 171 Å². The summed E-state index contributed by atoms with van der Waals surface area (Å²) < 4.78 is 0. The number of phenols is 1. The summed E-state index contributed by atoms with van der Waals surface area (Å²) in [4.78, 5) is 51.6. The van der Waals surface area contributed by atoms with E-state index in [1.807, 2.05) is 44.2 Å². The normalized spacial score (nSPS) is 15.5. The van der Waals surface area contributed by atoms with E-state index in [-0.39, 0.29) is 30.4 Å². The zero-order valence-corrected chi connectivity index (χ0v) is 23.6. The van der Waals surface area contributed by atoms with Crippen molar-refractivity contribution in [2.24, 2.45) is 17.6 Å². The number of rotatable bonds is 15. The predicted octanol–water partition coefficient (Wildman–Crippen LogP) is 2.14. The highest BCUT2D eigenvalue weighted by Crippen LogP contribution is 2.14. The Morgan fingerprint density at radius 2 is 1.25 bits per heavy atom. The second-order valence-electron chi connectivity index (χ2n) is 10.3. The van der Waals surface area contributed by atoms with Crippen LogP contribution in [0.4, 0.5) is 0 Å². The van der Waals surface area contributed by atoms with Crippen LogP contribution in [-0.2, 0) is 32.0 Å². The molecular weight excluding hydrogens is 512 g/mol. The lowest BCUT2D eigenvalue weighted by molar-refractivity contribution is -0.144. The molecule has 0 aliphatic heterocycles. The standard InChI is InChI=1S/C30H42N4O6/c1-5-18(3)25(29(38)34-26(30(39)40)19(4)6-2)33-28(37)24(17-20-10-8-7-9-11-20)32-27(36)23(31)16-21-12-14-22(35)15-13-21/h7-15,18-19,23-26,35H,5-6,16-17,31H2,1-4H3,(H,32,36)(H,33,37)(H,34,38)(H,39,40). The third-order valence-electron chi connectivity index (χ3n) is 7.21. The lowest BCUT2D eigenvalue weighted by Crippen LogP contribution is -2.59. The Kier molecular flexibility index (Phi) is 12.6. The second kappa shape index (κ2) is 15.6. The van der Waals surface area contributed by atoms with E-state index in [1.165, 1.54) is 12.1 Å². The maximum atomic E-state index is 13.6. The minimum Gasteiger partial charge on any atom is -0.508 e. The van der Waals surface area contributed by atoms with Crippen LogP contribution in [0.15, 0.2) is 54.6 Å². The van der Waals surface area contributed by atoms with Crippen molar-refractivity contribution in [3.8, 4) is 5.75 Å². The van der Waals surface area contributed by atoms with E-state index < -0.39 is 47.9 Å². The SMILES string of the molecule is CCC(C)C(NC(=O)C(NC(=O)C(Cc1ccccc1)NC(=O)C(N)Cc1ccc(O)cc1)C(C)CC)C(=O)O. The van der Waals surface area contributed by atoms with Crippen molar-refractivity contribution < 1.29 is 29.4 Å². The van der Waals surface area contributed by atoms with Crippen LogP contribution in [0.1, 0.15) is 51.7 Å². The monoisotopic (exact) mass is 554 g/mol. The highest BCUT2D eigenvalue weighted by molar-refractivity contribution is 5.94. The van der Waals surface area contributed by atoms with Crippen LogP contribution in [0.3, 0.4) is 0 Å². The van der Waals surface area contributed by atoms with Crippen molar-refractivity contribution >= 4 is 23.7 Å². The fraction of sp³-hybridized carbons (Fsp3) is 0.467. The molecular formula is C30H42N4O6. The second-order valence-corrected chi connectivity index (χ2v) is 10.3. The van der Waals surface area contributed by atoms with E-state index in [9.17, 15) is 29.4 Å². The molecule has 10 nitrogen and oxygen atoms in total. The van der Waals surface area contributed by atoms with Crippen LogP contribution < -0.4 is 21.7 Å². The van der Waals surface area contributed by atoms with Gasteiger partial charge in [0.2, 0.25) is 17.7 Å². The smallest absolute Gasteiger partial charge is 0.326 e. The summed E-state index contributed by atoms with van der Waals surface area (Å²) in [6, 6.07) is 11.3. The van der Waals surface area contributed by atoms with Crippen LogP contribution in [0.5, 0.6) is 5.75 Å². The lowest BCUT2D eigenvalue weighted by Gasteiger charge is -2.29. The van der Waals surface area contributed by atoms with Crippen LogP contribution in [0.25, 0.3) is 0 Å². The molecule has 40 heavy (non-hydrogen) atoms. The molecule has 2 aromatic rings. The van der Waals surface area contributed by atoms with Gasteiger partial charge in [0.1, 0.15) is 23.9 Å². The minimum absolute atomic E-state index is 0.0973. The van der Waals surface area contributed by atoms with Crippen molar-refractivity contribution in [3.63, 3.8) is 0 Å². The Bertz CT molecular complexity index is 1120. The summed E-state index contributed by atoms with van der Waals surface area (Å²) in [6.45, 7) is 7.24. The van der Waals surface area contributed by atoms with E-state index in [0.29, 0.717) is 12.8 Å². The van der Waals surface area contributed by atoms with Crippen molar-refractivity contribution in [1.29, 1.82) is 0 Å². The number of carboxylic acids is 1. The number of aromatic hydroxyl groups is 1. The number of hydrogen-bond acceptors (Lipinski definition) is 6. The number of aliphatic carboxylic acids is 1. The Labute approximate surface area is 235 Å². The third-order valence-corrected chi connectivity index (χ3v) is 7.21. The number of nitrogens with one attached hydrogen (secondary N) is 3. The van der Waals surface area contributed by atoms with Gasteiger partial charge in [0, 0.05) is 6.42 Å². The molecule has 10 heteroatoms. The molecule has 6 unspecified atom stereocenters. The third kappa shape index (κ3) is 9.68. The average Bonchev–Trinajstić information content (AvgIpc) is 2.94. The van der Waals surface area contributed by atoms with Gasteiger partial charge in [0.05, 0.1) is 6.04 Å². The molecule has 0 aliphatic rings. The van der Waals surface area contributed by atoms with E-state index in [1.54, 1.807) is 26.0 Å². The zero-order chi connectivity index (χ0) is 29.8. The summed E-state index contributed by atoms with van der Waals surface area (Å²) >= 11 is 0. The highest BCUT2D eigenvalue weighted by atomic mass is 16.4. The van der Waals surface area contributed by atoms with Crippen molar-refractivity contribution in [3.05, 3.63) is 65.7 Å². The van der Waals surface area contributed by atoms with Gasteiger partial charge in [-0.15, -0.1) is 0 Å². The van der Waals surface area contributed by atoms with Gasteiger partial charge in [-0.3, -0.25) is 14.4 Å². The largest absolute Gasteiger partial charge is 0.508 e. The first-order valence-electron chi connectivity index (χ1n) is 13.7. The number of carboxylic acid groups (broad SMARTS) is 1. The molecule has 6 atom stereocenters. The number of carbonyl (C=O) groups is 4. The molecule has 0 bridgehead atoms. The first-order chi connectivity index (χ1) is 19.0. The molecule has 0 saturated carbocycles. The van der Waals surface area contributed by atoms with E-state index in [4.69, 9.17) is 5.73 Å². The number of carbonyl (C=O) groups excluding carboxylic acids is 3. The van der Waals surface area contributed by atoms with Crippen molar-refractivity contribution in [1.82, 2.24) is 16.0 Å². The Morgan fingerprint density at radius 1 is 0.725 bits per heavy atom. The summed E-state index contributed by atoms with van der Waals surface area (Å²) in [6.07, 6.45) is 1.44. The first kappa shape index (κ1) is 32.3. The maximum absolute atomic E-state index is 13.6. The molecule has 0 saturated heterocycles. The fourth-order valence-electron chi connectivity index (χ4n) is 4.20. The van der Waals surface area contributed by atoms with Crippen LogP contribution in [0.2, 0.25) is 0 Å². The Hall–Kier alpha value is -3.92. The number of nitrogens with two attached hydrogens (primary N) is 1. The molecule has 0 radical (unpaired) electrons. The zero-order valence-electron chi connectivity index (χ0n) is 23.6. The molecule has 3 amide bonds. The van der Waals surface area contributed by atoms with Gasteiger partial charge in [0.25, 0.3) is 0 Å². The molecule has 2 aromatic carbocycles. The van der Waals surface area contributed by atoms with Gasteiger partial charge in [-0.1, -0.05) is 83.0 Å². The van der Waals surface area contributed by atoms with Gasteiger partial charge in [0.15, 0.2) is 0 Å². The lowest BCUT2D eigenvalue weighted by atomic mass is 9.94. The van der Waals surface area contributed by atoms with Crippen LogP contribution >= 0.6 is 0 Å². The van der Waals surface area contributed by atoms with E-state index in [0.717, 1.165) is 11.1 Å². The average molecular weight is 555 g/mol. The quantitative estimate of drug-likeness (QED) is 0.196. The van der Waals surface area contributed by atoms with E-state index in [2.05, 4.69) is 16.0 Å². The minimum atomic E-state index is -1.14. The van der Waals surface area contributed by atoms with Gasteiger partial charge >= 0.3 is 5.97 Å². The van der Waals surface area contributed by atoms with Crippen molar-refractivity contribution in [2.75, 3.05) is 0 Å².